The zero-order chi connectivity index (χ0) is 41.4. The molecular formula is C42H46Cl2FN5O7S. The van der Waals surface area contributed by atoms with E-state index in [1.807, 2.05) is 41.1 Å². The molecule has 0 radical (unpaired) electrons. The van der Waals surface area contributed by atoms with Crippen molar-refractivity contribution in [3.05, 3.63) is 105 Å². The van der Waals surface area contributed by atoms with Crippen LogP contribution in [-0.2, 0) is 34.4 Å². The molecule has 1 aliphatic carbocycles. The number of likely N-dealkylation sites (tertiary alicyclic amines) is 1. The van der Waals surface area contributed by atoms with Gasteiger partial charge in [-0.1, -0.05) is 53.5 Å². The molecule has 1 fully saturated rings. The molecule has 1 aromatic heterocycles. The number of aromatic nitrogens is 1. The molecule has 1 saturated heterocycles. The Hall–Kier alpha value is -4.49. The van der Waals surface area contributed by atoms with Crippen molar-refractivity contribution in [2.24, 2.45) is 0 Å². The molecule has 12 nitrogen and oxygen atoms in total. The Morgan fingerprint density at radius 1 is 1.05 bits per heavy atom. The lowest BCUT2D eigenvalue weighted by Gasteiger charge is -2.28. The van der Waals surface area contributed by atoms with E-state index in [4.69, 9.17) is 37.4 Å². The lowest BCUT2D eigenvalue weighted by molar-refractivity contribution is -0.123. The Kier molecular flexibility index (Phi) is 14.5. The minimum atomic E-state index is -3.88. The van der Waals surface area contributed by atoms with Gasteiger partial charge in [-0.25, -0.2) is 12.8 Å². The number of aliphatic hydroxyl groups excluding tert-OH is 1. The van der Waals surface area contributed by atoms with Crippen LogP contribution >= 0.6 is 23.2 Å². The van der Waals surface area contributed by atoms with Crippen LogP contribution in [0.3, 0.4) is 0 Å². The Bertz CT molecular complexity index is 2250. The van der Waals surface area contributed by atoms with Crippen molar-refractivity contribution in [2.75, 3.05) is 32.5 Å². The molecule has 6 rings (SSSR count). The number of nitrogens with zero attached hydrogens (tertiary/aromatic N) is 3. The van der Waals surface area contributed by atoms with Gasteiger partial charge in [-0.05, 0) is 73.9 Å². The number of alkyl halides is 1. The third kappa shape index (κ3) is 11.2. The molecule has 0 saturated carbocycles. The number of carbonyl (C=O) groups is 1. The maximum atomic E-state index is 13.5. The van der Waals surface area contributed by atoms with Gasteiger partial charge in [0.1, 0.15) is 48.2 Å². The lowest BCUT2D eigenvalue weighted by atomic mass is 9.96. The number of halogens is 3. The van der Waals surface area contributed by atoms with Gasteiger partial charge >= 0.3 is 0 Å². The predicted octanol–water partition coefficient (Wildman–Crippen LogP) is 6.69. The highest BCUT2D eigenvalue weighted by molar-refractivity contribution is 7.89. The van der Waals surface area contributed by atoms with E-state index in [-0.39, 0.29) is 24.3 Å². The average molecular weight is 855 g/mol. The fourth-order valence-electron chi connectivity index (χ4n) is 7.25. The number of nitrogens with one attached hydrogen (secondary N) is 2. The van der Waals surface area contributed by atoms with E-state index in [1.165, 1.54) is 13.1 Å². The topological polar surface area (TPSA) is 163 Å². The van der Waals surface area contributed by atoms with Crippen molar-refractivity contribution in [2.45, 2.75) is 76.6 Å². The number of hydrogen-bond donors (Lipinski definition) is 3. The van der Waals surface area contributed by atoms with Crippen LogP contribution in [0, 0.1) is 11.3 Å². The molecule has 3 atom stereocenters. The van der Waals surface area contributed by atoms with E-state index >= 15 is 0 Å². The summed E-state index contributed by atoms with van der Waals surface area (Å²) < 4.78 is 57.9. The summed E-state index contributed by atoms with van der Waals surface area (Å²) in [6.07, 6.45) is 4.91. The Balaban J connectivity index is 1.20. The number of benzene rings is 3. The first-order valence-electron chi connectivity index (χ1n) is 19.1. The Morgan fingerprint density at radius 2 is 1.81 bits per heavy atom. The van der Waals surface area contributed by atoms with E-state index in [0.29, 0.717) is 71.3 Å². The number of ether oxygens (including phenoxy) is 3. The second-order valence-electron chi connectivity index (χ2n) is 14.6. The summed E-state index contributed by atoms with van der Waals surface area (Å²) in [6.45, 7) is 4.23. The summed E-state index contributed by atoms with van der Waals surface area (Å²) >= 11 is 13.8. The number of pyridine rings is 1. The van der Waals surface area contributed by atoms with Crippen LogP contribution in [0.15, 0.2) is 67.0 Å². The molecule has 2 aliphatic rings. The third-order valence-corrected chi connectivity index (χ3v) is 11.4. The van der Waals surface area contributed by atoms with Gasteiger partial charge in [-0.2, -0.15) is 5.26 Å². The first kappa shape index (κ1) is 43.1. The molecule has 0 spiro atoms. The maximum Gasteiger partial charge on any atom is 0.253 e. The molecule has 308 valence electrons. The highest BCUT2D eigenvalue weighted by Gasteiger charge is 2.30. The number of nitriles is 1. The zero-order valence-corrected chi connectivity index (χ0v) is 34.5. The number of sulfonamides is 1. The molecule has 3 aromatic carbocycles. The van der Waals surface area contributed by atoms with Gasteiger partial charge in [0.05, 0.1) is 34.6 Å². The first-order chi connectivity index (χ1) is 27.8. The van der Waals surface area contributed by atoms with Crippen LogP contribution in [0.2, 0.25) is 10.0 Å². The maximum absolute atomic E-state index is 13.5. The molecule has 0 bridgehead atoms. The number of rotatable bonds is 17. The third-order valence-electron chi connectivity index (χ3n) is 10.1. The fraction of sp³-hybridized carbons (Fsp3) is 0.405. The zero-order valence-electron chi connectivity index (χ0n) is 32.2. The van der Waals surface area contributed by atoms with Crippen LogP contribution in [0.1, 0.15) is 66.5 Å². The largest absolute Gasteiger partial charge is 0.492 e. The lowest BCUT2D eigenvalue weighted by Crippen LogP contribution is -2.51. The van der Waals surface area contributed by atoms with E-state index < -0.39 is 34.2 Å². The highest BCUT2D eigenvalue weighted by atomic mass is 35.5. The standard InChI is InChI=1S/C42H46Cl2FN5O7S/c1-26(51)41(42(52)49-58(2,53)54)48-24-29-19-35(43)39(20-38(29)56-25-28-18-27(21-46)22-47-23-28)57-36-11-10-32-31(6-3-7-33(32)36)34-8-4-9-37(40(34)44)55-17-5-14-50-15-12-30(45)13-16-50/h3-4,6-9,18-20,22-23,26,30,36,41,48,51H,5,10-17,24-25H2,1-2H3,(H,49,52)/t26-,36+,41+/m1/s1. The summed E-state index contributed by atoms with van der Waals surface area (Å²) in [5, 5.41) is 23.4. The van der Waals surface area contributed by atoms with Crippen LogP contribution in [0.5, 0.6) is 17.2 Å². The summed E-state index contributed by atoms with van der Waals surface area (Å²) in [4.78, 5) is 19.1. The number of hydrogen-bond acceptors (Lipinski definition) is 11. The van der Waals surface area contributed by atoms with Gasteiger partial charge in [0.15, 0.2) is 0 Å². The van der Waals surface area contributed by atoms with E-state index in [1.54, 1.807) is 24.4 Å². The van der Waals surface area contributed by atoms with Gasteiger partial charge in [-0.3, -0.25) is 19.8 Å². The second-order valence-corrected chi connectivity index (χ2v) is 17.1. The van der Waals surface area contributed by atoms with Crippen molar-refractivity contribution >= 4 is 39.1 Å². The van der Waals surface area contributed by atoms with Crippen molar-refractivity contribution in [3.8, 4) is 34.4 Å². The summed E-state index contributed by atoms with van der Waals surface area (Å²) in [6, 6.07) is 17.5. The minimum absolute atomic E-state index is 0.0312. The summed E-state index contributed by atoms with van der Waals surface area (Å²) in [7, 11) is -3.88. The van der Waals surface area contributed by atoms with Crippen molar-refractivity contribution in [1.82, 2.24) is 19.9 Å². The average Bonchev–Trinajstić information content (AvgIpc) is 3.60. The number of amides is 1. The van der Waals surface area contributed by atoms with Crippen LogP contribution in [0.4, 0.5) is 4.39 Å². The molecule has 16 heteroatoms. The van der Waals surface area contributed by atoms with Gasteiger partial charge in [0, 0.05) is 61.3 Å². The van der Waals surface area contributed by atoms with Crippen LogP contribution in [-0.4, -0.2) is 80.1 Å². The van der Waals surface area contributed by atoms with E-state index in [2.05, 4.69) is 21.3 Å². The molecule has 2 heterocycles. The van der Waals surface area contributed by atoms with E-state index in [9.17, 15) is 28.0 Å². The summed E-state index contributed by atoms with van der Waals surface area (Å²) in [5.41, 5.74) is 5.39. The van der Waals surface area contributed by atoms with Crippen molar-refractivity contribution in [1.29, 1.82) is 5.26 Å². The molecular weight excluding hydrogens is 808 g/mol. The van der Waals surface area contributed by atoms with Crippen molar-refractivity contribution in [3.63, 3.8) is 0 Å². The summed E-state index contributed by atoms with van der Waals surface area (Å²) in [5.74, 6) is 0.358. The van der Waals surface area contributed by atoms with Gasteiger partial charge in [0.25, 0.3) is 5.91 Å². The number of piperidine rings is 1. The molecule has 1 aliphatic heterocycles. The number of aliphatic hydroxyl groups is 1. The normalized spacial score (nSPS) is 16.9. The first-order valence-corrected chi connectivity index (χ1v) is 21.7. The number of carbonyl (C=O) groups excluding carboxylic acids is 1. The van der Waals surface area contributed by atoms with Gasteiger partial charge in [-0.15, -0.1) is 0 Å². The fourth-order valence-corrected chi connectivity index (χ4v) is 8.25. The predicted molar refractivity (Wildman–Crippen MR) is 219 cm³/mol. The molecule has 1 amide bonds. The molecule has 0 unspecified atom stereocenters. The van der Waals surface area contributed by atoms with Gasteiger partial charge in [0.2, 0.25) is 10.0 Å². The Morgan fingerprint density at radius 3 is 2.55 bits per heavy atom. The van der Waals surface area contributed by atoms with E-state index in [0.717, 1.165) is 54.6 Å². The SMILES string of the molecule is C[C@@H](O)[C@H](NCc1cc(Cl)c(O[C@H]2CCc3c(-c4cccc(OCCCN5CCC(F)CC5)c4Cl)cccc32)cc1OCc1cncc(C#N)c1)C(=O)NS(C)(=O)=O. The smallest absolute Gasteiger partial charge is 0.253 e. The quantitative estimate of drug-likeness (QED) is 0.0971. The van der Waals surface area contributed by atoms with Crippen LogP contribution in [0.25, 0.3) is 11.1 Å². The molecule has 58 heavy (non-hydrogen) atoms. The second kappa shape index (κ2) is 19.5. The Labute approximate surface area is 348 Å². The molecule has 3 N–H and O–H groups in total. The van der Waals surface area contributed by atoms with Crippen LogP contribution < -0.4 is 24.2 Å². The van der Waals surface area contributed by atoms with Crippen molar-refractivity contribution < 1.29 is 36.9 Å². The molecule has 4 aromatic rings. The minimum Gasteiger partial charge on any atom is -0.492 e. The number of fused-ring (bicyclic) bond motifs is 1. The highest BCUT2D eigenvalue weighted by Crippen LogP contribution is 2.45. The van der Waals surface area contributed by atoms with Gasteiger partial charge < -0.3 is 24.2 Å². The monoisotopic (exact) mass is 853 g/mol.